The van der Waals surface area contributed by atoms with Crippen molar-refractivity contribution < 1.29 is 4.79 Å². The van der Waals surface area contributed by atoms with Gasteiger partial charge in [0.1, 0.15) is 0 Å². The molecule has 3 aromatic rings. The summed E-state index contributed by atoms with van der Waals surface area (Å²) < 4.78 is 2.26. The van der Waals surface area contributed by atoms with Crippen LogP contribution in [-0.2, 0) is 12.3 Å². The number of rotatable bonds is 7. The SMILES string of the molecule is CC(C)CCn1c(SCc2ccccc2)nc2cc(C(N)=O)ccc21. The largest absolute Gasteiger partial charge is 0.366 e. The summed E-state index contributed by atoms with van der Waals surface area (Å²) in [6.07, 6.45) is 1.09. The fraction of sp³-hybridized carbons (Fsp3) is 0.300. The summed E-state index contributed by atoms with van der Waals surface area (Å²) in [4.78, 5) is 16.2. The van der Waals surface area contributed by atoms with Gasteiger partial charge in [0.2, 0.25) is 5.91 Å². The van der Waals surface area contributed by atoms with Crippen molar-refractivity contribution in [3.05, 3.63) is 59.7 Å². The molecule has 0 spiro atoms. The molecule has 0 bridgehead atoms. The highest BCUT2D eigenvalue weighted by molar-refractivity contribution is 7.98. The number of fused-ring (bicyclic) bond motifs is 1. The van der Waals surface area contributed by atoms with E-state index < -0.39 is 5.91 Å². The lowest BCUT2D eigenvalue weighted by Gasteiger charge is -2.11. The number of aromatic nitrogens is 2. The van der Waals surface area contributed by atoms with E-state index in [4.69, 9.17) is 10.7 Å². The minimum Gasteiger partial charge on any atom is -0.366 e. The van der Waals surface area contributed by atoms with Crippen molar-refractivity contribution in [2.24, 2.45) is 11.7 Å². The molecule has 0 atom stereocenters. The average molecular weight is 353 g/mol. The highest BCUT2D eigenvalue weighted by atomic mass is 32.2. The van der Waals surface area contributed by atoms with Crippen LogP contribution in [0.3, 0.4) is 0 Å². The Kier molecular flexibility index (Phi) is 5.43. The Balaban J connectivity index is 1.93. The van der Waals surface area contributed by atoms with Crippen molar-refractivity contribution in [3.63, 3.8) is 0 Å². The van der Waals surface area contributed by atoms with Gasteiger partial charge in [-0.3, -0.25) is 4.79 Å². The van der Waals surface area contributed by atoms with E-state index in [1.807, 2.05) is 12.1 Å². The van der Waals surface area contributed by atoms with Crippen molar-refractivity contribution in [2.75, 3.05) is 0 Å². The van der Waals surface area contributed by atoms with Crippen LogP contribution in [0.2, 0.25) is 0 Å². The molecule has 0 radical (unpaired) electrons. The first kappa shape index (κ1) is 17.5. The Hall–Kier alpha value is -2.27. The number of imidazole rings is 1. The molecular weight excluding hydrogens is 330 g/mol. The van der Waals surface area contributed by atoms with Gasteiger partial charge in [0, 0.05) is 17.9 Å². The number of hydrogen-bond acceptors (Lipinski definition) is 3. The Labute approximate surface area is 152 Å². The van der Waals surface area contributed by atoms with Crippen molar-refractivity contribution in [2.45, 2.75) is 37.7 Å². The molecule has 2 aromatic carbocycles. The molecule has 0 aliphatic heterocycles. The number of carbonyl (C=O) groups excluding carboxylic acids is 1. The zero-order valence-electron chi connectivity index (χ0n) is 14.6. The van der Waals surface area contributed by atoms with Gasteiger partial charge in [-0.25, -0.2) is 4.98 Å². The molecule has 0 saturated heterocycles. The molecule has 0 fully saturated rings. The zero-order chi connectivity index (χ0) is 17.8. The van der Waals surface area contributed by atoms with E-state index in [2.05, 4.69) is 42.7 Å². The summed E-state index contributed by atoms with van der Waals surface area (Å²) in [5.74, 6) is 1.07. The van der Waals surface area contributed by atoms with E-state index in [1.54, 1.807) is 23.9 Å². The second-order valence-corrected chi connectivity index (χ2v) is 7.51. The number of aryl methyl sites for hydroxylation is 1. The minimum atomic E-state index is -0.419. The molecule has 25 heavy (non-hydrogen) atoms. The van der Waals surface area contributed by atoms with Gasteiger partial charge in [-0.05, 0) is 36.1 Å². The molecule has 4 nitrogen and oxygen atoms in total. The first-order valence-electron chi connectivity index (χ1n) is 8.51. The van der Waals surface area contributed by atoms with Gasteiger partial charge in [-0.2, -0.15) is 0 Å². The summed E-state index contributed by atoms with van der Waals surface area (Å²) in [6.45, 7) is 5.36. The zero-order valence-corrected chi connectivity index (χ0v) is 15.4. The van der Waals surface area contributed by atoms with Crippen LogP contribution in [-0.4, -0.2) is 15.5 Å². The van der Waals surface area contributed by atoms with Crippen LogP contribution in [0.15, 0.2) is 53.7 Å². The lowest BCUT2D eigenvalue weighted by atomic mass is 10.1. The normalized spacial score (nSPS) is 11.3. The van der Waals surface area contributed by atoms with Crippen molar-refractivity contribution in [1.82, 2.24) is 9.55 Å². The lowest BCUT2D eigenvalue weighted by molar-refractivity contribution is 0.100. The summed E-state index contributed by atoms with van der Waals surface area (Å²) in [7, 11) is 0. The Morgan fingerprint density at radius 2 is 1.96 bits per heavy atom. The fourth-order valence-corrected chi connectivity index (χ4v) is 3.69. The summed E-state index contributed by atoms with van der Waals surface area (Å²) in [5, 5.41) is 0.987. The maximum Gasteiger partial charge on any atom is 0.248 e. The number of primary amides is 1. The average Bonchev–Trinajstić information content (AvgIpc) is 2.95. The first-order valence-corrected chi connectivity index (χ1v) is 9.50. The van der Waals surface area contributed by atoms with Crippen molar-refractivity contribution >= 4 is 28.7 Å². The standard InChI is InChI=1S/C20H23N3OS/c1-14(2)10-11-23-18-9-8-16(19(21)24)12-17(18)22-20(23)25-13-15-6-4-3-5-7-15/h3-9,12,14H,10-11,13H2,1-2H3,(H2,21,24). The predicted molar refractivity (Wildman–Crippen MR) is 104 cm³/mol. The third kappa shape index (κ3) is 4.23. The van der Waals surface area contributed by atoms with Gasteiger partial charge in [-0.15, -0.1) is 0 Å². The van der Waals surface area contributed by atoms with E-state index >= 15 is 0 Å². The molecule has 0 saturated carbocycles. The highest BCUT2D eigenvalue weighted by Gasteiger charge is 2.13. The third-order valence-corrected chi connectivity index (χ3v) is 5.19. The quantitative estimate of drug-likeness (QED) is 0.637. The molecular formula is C20H23N3OS. The number of carbonyl (C=O) groups is 1. The Morgan fingerprint density at radius 3 is 2.64 bits per heavy atom. The van der Waals surface area contributed by atoms with Crippen LogP contribution in [0.25, 0.3) is 11.0 Å². The number of nitrogens with two attached hydrogens (primary N) is 1. The smallest absolute Gasteiger partial charge is 0.248 e. The number of nitrogens with zero attached hydrogens (tertiary/aromatic N) is 2. The van der Waals surface area contributed by atoms with Gasteiger partial charge < -0.3 is 10.3 Å². The van der Waals surface area contributed by atoms with E-state index in [1.165, 1.54) is 5.56 Å². The summed E-state index contributed by atoms with van der Waals surface area (Å²) >= 11 is 1.73. The van der Waals surface area contributed by atoms with Crippen molar-refractivity contribution in [3.8, 4) is 0 Å². The van der Waals surface area contributed by atoms with Crippen LogP contribution in [0.4, 0.5) is 0 Å². The molecule has 5 heteroatoms. The minimum absolute atomic E-state index is 0.419. The van der Waals surface area contributed by atoms with Gasteiger partial charge >= 0.3 is 0 Å². The van der Waals surface area contributed by atoms with E-state index in [9.17, 15) is 4.79 Å². The second kappa shape index (κ2) is 7.74. The van der Waals surface area contributed by atoms with Crippen LogP contribution in [0.1, 0.15) is 36.2 Å². The molecule has 0 aliphatic carbocycles. The van der Waals surface area contributed by atoms with Crippen LogP contribution < -0.4 is 5.73 Å². The second-order valence-electron chi connectivity index (χ2n) is 6.57. The molecule has 1 aromatic heterocycles. The van der Waals surface area contributed by atoms with Crippen LogP contribution in [0, 0.1) is 5.92 Å². The maximum atomic E-state index is 11.4. The Morgan fingerprint density at radius 1 is 1.20 bits per heavy atom. The Bertz CT molecular complexity index is 871. The molecule has 3 rings (SSSR count). The van der Waals surface area contributed by atoms with Crippen LogP contribution >= 0.6 is 11.8 Å². The maximum absolute atomic E-state index is 11.4. The lowest BCUT2D eigenvalue weighted by Crippen LogP contribution is -2.10. The van der Waals surface area contributed by atoms with E-state index in [0.29, 0.717) is 11.5 Å². The summed E-state index contributed by atoms with van der Waals surface area (Å²) in [5.41, 5.74) is 9.06. The monoisotopic (exact) mass is 353 g/mol. The van der Waals surface area contributed by atoms with Crippen LogP contribution in [0.5, 0.6) is 0 Å². The predicted octanol–water partition coefficient (Wildman–Crippen LogP) is 4.47. The topological polar surface area (TPSA) is 60.9 Å². The number of hydrogen-bond donors (Lipinski definition) is 1. The highest BCUT2D eigenvalue weighted by Crippen LogP contribution is 2.28. The molecule has 0 aliphatic rings. The molecule has 130 valence electrons. The fourth-order valence-electron chi connectivity index (χ4n) is 2.70. The molecule has 1 heterocycles. The molecule has 2 N–H and O–H groups in total. The van der Waals surface area contributed by atoms with Crippen molar-refractivity contribution in [1.29, 1.82) is 0 Å². The van der Waals surface area contributed by atoms with Gasteiger partial charge in [-0.1, -0.05) is 55.9 Å². The number of amides is 1. The van der Waals surface area contributed by atoms with E-state index in [0.717, 1.165) is 34.9 Å². The van der Waals surface area contributed by atoms with Gasteiger partial charge in [0.15, 0.2) is 5.16 Å². The number of thioether (sulfide) groups is 1. The number of benzene rings is 2. The van der Waals surface area contributed by atoms with Gasteiger partial charge in [0.05, 0.1) is 11.0 Å². The summed E-state index contributed by atoms with van der Waals surface area (Å²) in [6, 6.07) is 15.9. The van der Waals surface area contributed by atoms with E-state index in [-0.39, 0.29) is 0 Å². The first-order chi connectivity index (χ1) is 12.0. The third-order valence-electron chi connectivity index (χ3n) is 4.14. The van der Waals surface area contributed by atoms with Gasteiger partial charge in [0.25, 0.3) is 0 Å². The molecule has 1 amide bonds. The molecule has 0 unspecified atom stereocenters.